The number of hydrogen-bond donors (Lipinski definition) is 1. The molecule has 0 aromatic rings. The molecule has 24 heavy (non-hydrogen) atoms. The van der Waals surface area contributed by atoms with Crippen LogP contribution in [0.25, 0.3) is 0 Å². The fraction of sp³-hybridized carbons (Fsp3) is 0.786. The van der Waals surface area contributed by atoms with Gasteiger partial charge in [-0.1, -0.05) is 11.8 Å². The van der Waals surface area contributed by atoms with Gasteiger partial charge < -0.3 is 15.0 Å². The summed E-state index contributed by atoms with van der Waals surface area (Å²) in [7, 11) is -1.24. The van der Waals surface area contributed by atoms with Crippen LogP contribution in [0.3, 0.4) is 0 Å². The minimum atomic E-state index is -2.99. The van der Waals surface area contributed by atoms with Crippen molar-refractivity contribution >= 4 is 38.8 Å². The van der Waals surface area contributed by atoms with Crippen molar-refractivity contribution in [3.05, 3.63) is 0 Å². The molecule has 2 amide bonds. The van der Waals surface area contributed by atoms with Gasteiger partial charge in [0, 0.05) is 25.3 Å². The third-order valence-corrected chi connectivity index (χ3v) is 6.86. The molecule has 2 unspecified atom stereocenters. The lowest BCUT2D eigenvalue weighted by Crippen LogP contribution is -2.34. The number of amidine groups is 1. The normalized spacial score (nSPS) is 27.2. The van der Waals surface area contributed by atoms with Crippen LogP contribution in [0.1, 0.15) is 27.2 Å². The summed E-state index contributed by atoms with van der Waals surface area (Å²) in [6.45, 7) is 5.41. The molecule has 0 bridgehead atoms. The maximum Gasteiger partial charge on any atom is 0.407 e. The van der Waals surface area contributed by atoms with E-state index in [9.17, 15) is 18.0 Å². The van der Waals surface area contributed by atoms with E-state index in [2.05, 4.69) is 10.3 Å². The van der Waals surface area contributed by atoms with E-state index in [1.54, 1.807) is 32.7 Å². The van der Waals surface area contributed by atoms with Crippen molar-refractivity contribution in [2.75, 3.05) is 25.1 Å². The van der Waals surface area contributed by atoms with E-state index in [1.807, 2.05) is 0 Å². The Morgan fingerprint density at radius 1 is 1.38 bits per heavy atom. The number of alkyl carbamates (subject to hydrolysis) is 1. The largest absolute Gasteiger partial charge is 0.444 e. The lowest BCUT2D eigenvalue weighted by atomic mass is 10.2. The number of fused-ring (bicyclic) bond motifs is 1. The Bertz CT molecular complexity index is 654. The first-order valence-corrected chi connectivity index (χ1v) is 10.4. The first kappa shape index (κ1) is 19.0. The summed E-state index contributed by atoms with van der Waals surface area (Å²) in [5.74, 6) is -0.127. The second kappa shape index (κ2) is 6.91. The smallest absolute Gasteiger partial charge is 0.407 e. The second-order valence-corrected chi connectivity index (χ2v) is 10.2. The number of thioether (sulfide) groups is 1. The molecule has 0 aromatic heterocycles. The number of carbonyl (C=O) groups is 2. The molecule has 2 rings (SSSR count). The summed E-state index contributed by atoms with van der Waals surface area (Å²) in [5.41, 5.74) is -0.588. The highest BCUT2D eigenvalue weighted by Gasteiger charge is 2.47. The molecule has 1 N–H and O–H groups in total. The molecular formula is C14H23N3O5S2. The van der Waals surface area contributed by atoms with Crippen molar-refractivity contribution in [2.24, 2.45) is 4.99 Å². The number of rotatable bonds is 3. The number of ether oxygens (including phenoxy) is 1. The standard InChI is InChI=1S/C14H23N3O5S2/c1-14(2,3)22-13(19)15-6-5-11(18)16-12-17(4)9-7-24(20,21)8-10(9)23-12/h9-10H,5-8H2,1-4H3,(H,15,19). The molecule has 136 valence electrons. The number of aliphatic imine (C=N–C) groups is 1. The summed E-state index contributed by atoms with van der Waals surface area (Å²) >= 11 is 1.33. The highest BCUT2D eigenvalue weighted by atomic mass is 32.2. The Labute approximate surface area is 146 Å². The van der Waals surface area contributed by atoms with Gasteiger partial charge in [-0.15, -0.1) is 0 Å². The van der Waals surface area contributed by atoms with Crippen LogP contribution < -0.4 is 5.32 Å². The number of nitrogens with one attached hydrogen (secondary N) is 1. The van der Waals surface area contributed by atoms with Gasteiger partial charge in [-0.2, -0.15) is 4.99 Å². The van der Waals surface area contributed by atoms with E-state index >= 15 is 0 Å². The predicted octanol–water partition coefficient (Wildman–Crippen LogP) is 0.628. The molecule has 2 aliphatic heterocycles. The highest BCUT2D eigenvalue weighted by Crippen LogP contribution is 2.36. The van der Waals surface area contributed by atoms with E-state index in [4.69, 9.17) is 4.74 Å². The van der Waals surface area contributed by atoms with Gasteiger partial charge in [0.25, 0.3) is 0 Å². The van der Waals surface area contributed by atoms with Crippen molar-refractivity contribution in [3.63, 3.8) is 0 Å². The zero-order valence-corrected chi connectivity index (χ0v) is 15.9. The van der Waals surface area contributed by atoms with Gasteiger partial charge in [-0.05, 0) is 20.8 Å². The Morgan fingerprint density at radius 2 is 2.04 bits per heavy atom. The number of nitrogens with zero attached hydrogens (tertiary/aromatic N) is 2. The SMILES string of the molecule is CN1C(=NC(=O)CCNC(=O)OC(C)(C)C)SC2CS(=O)(=O)CC21. The molecule has 0 saturated carbocycles. The molecule has 2 heterocycles. The van der Waals surface area contributed by atoms with Crippen LogP contribution in [0.2, 0.25) is 0 Å². The number of hydrogen-bond acceptors (Lipinski definition) is 6. The minimum absolute atomic E-state index is 0.0603. The summed E-state index contributed by atoms with van der Waals surface area (Å²) < 4.78 is 28.3. The van der Waals surface area contributed by atoms with E-state index in [0.717, 1.165) is 0 Å². The predicted molar refractivity (Wildman–Crippen MR) is 92.9 cm³/mol. The first-order valence-electron chi connectivity index (χ1n) is 7.65. The maximum absolute atomic E-state index is 11.9. The molecule has 0 radical (unpaired) electrons. The highest BCUT2D eigenvalue weighted by molar-refractivity contribution is 8.15. The average molecular weight is 377 g/mol. The number of sulfone groups is 1. The average Bonchev–Trinajstić information content (AvgIpc) is 2.82. The summed E-state index contributed by atoms with van der Waals surface area (Å²) in [5, 5.41) is 2.99. The molecule has 2 atom stereocenters. The van der Waals surface area contributed by atoms with Crippen molar-refractivity contribution < 1.29 is 22.7 Å². The number of carbonyl (C=O) groups excluding carboxylic acids is 2. The quantitative estimate of drug-likeness (QED) is 0.769. The fourth-order valence-corrected chi connectivity index (χ4v) is 6.50. The van der Waals surface area contributed by atoms with Crippen LogP contribution in [0.4, 0.5) is 4.79 Å². The molecule has 0 spiro atoms. The molecule has 8 nitrogen and oxygen atoms in total. The van der Waals surface area contributed by atoms with E-state index in [-0.39, 0.29) is 41.7 Å². The van der Waals surface area contributed by atoms with Crippen LogP contribution in [-0.2, 0) is 19.4 Å². The van der Waals surface area contributed by atoms with Crippen LogP contribution in [0.5, 0.6) is 0 Å². The third-order valence-electron chi connectivity index (χ3n) is 3.56. The molecule has 0 aliphatic carbocycles. The Hall–Kier alpha value is -1.29. The van der Waals surface area contributed by atoms with E-state index in [1.165, 1.54) is 11.8 Å². The lowest BCUT2D eigenvalue weighted by Gasteiger charge is -2.19. The molecule has 0 aromatic carbocycles. The summed E-state index contributed by atoms with van der Waals surface area (Å²) in [6, 6.07) is -0.119. The third kappa shape index (κ3) is 5.10. The molecule has 10 heteroatoms. The molecule has 2 fully saturated rings. The molecule has 2 aliphatic rings. The number of amides is 2. The monoisotopic (exact) mass is 377 g/mol. The topological polar surface area (TPSA) is 105 Å². The second-order valence-electron chi connectivity index (χ2n) is 6.88. The van der Waals surface area contributed by atoms with Gasteiger partial charge in [0.05, 0.1) is 17.5 Å². The van der Waals surface area contributed by atoms with Crippen LogP contribution in [-0.4, -0.2) is 72.5 Å². The van der Waals surface area contributed by atoms with E-state index < -0.39 is 21.5 Å². The van der Waals surface area contributed by atoms with Crippen molar-refractivity contribution in [2.45, 2.75) is 44.1 Å². The van der Waals surface area contributed by atoms with Gasteiger partial charge in [0.2, 0.25) is 5.91 Å². The molecular weight excluding hydrogens is 354 g/mol. The van der Waals surface area contributed by atoms with Crippen molar-refractivity contribution in [3.8, 4) is 0 Å². The van der Waals surface area contributed by atoms with Crippen molar-refractivity contribution in [1.29, 1.82) is 0 Å². The van der Waals surface area contributed by atoms with Gasteiger partial charge in [0.1, 0.15) is 5.60 Å². The van der Waals surface area contributed by atoms with Gasteiger partial charge in [0.15, 0.2) is 15.0 Å². The molecule has 2 saturated heterocycles. The minimum Gasteiger partial charge on any atom is -0.444 e. The van der Waals surface area contributed by atoms with Gasteiger partial charge >= 0.3 is 6.09 Å². The fourth-order valence-electron chi connectivity index (χ4n) is 2.48. The maximum atomic E-state index is 11.9. The Balaban J connectivity index is 1.81. The van der Waals surface area contributed by atoms with Gasteiger partial charge in [-0.3, -0.25) is 4.79 Å². The first-order chi connectivity index (χ1) is 11.0. The lowest BCUT2D eigenvalue weighted by molar-refractivity contribution is -0.117. The van der Waals surface area contributed by atoms with Crippen LogP contribution >= 0.6 is 11.8 Å². The van der Waals surface area contributed by atoms with Crippen LogP contribution in [0, 0.1) is 0 Å². The summed E-state index contributed by atoms with van der Waals surface area (Å²) in [4.78, 5) is 29.2. The zero-order chi connectivity index (χ0) is 18.1. The van der Waals surface area contributed by atoms with Gasteiger partial charge in [-0.25, -0.2) is 13.2 Å². The Kier molecular flexibility index (Phi) is 5.48. The van der Waals surface area contributed by atoms with Crippen LogP contribution in [0.15, 0.2) is 4.99 Å². The Morgan fingerprint density at radius 3 is 2.62 bits per heavy atom. The van der Waals surface area contributed by atoms with E-state index in [0.29, 0.717) is 5.17 Å². The summed E-state index contributed by atoms with van der Waals surface area (Å²) in [6.07, 6.45) is -0.514. The van der Waals surface area contributed by atoms with Crippen molar-refractivity contribution in [1.82, 2.24) is 10.2 Å². The zero-order valence-electron chi connectivity index (χ0n) is 14.2.